The van der Waals surface area contributed by atoms with E-state index in [-0.39, 0.29) is 18.4 Å². The number of hydrogen-bond acceptors (Lipinski definition) is 5. The second kappa shape index (κ2) is 5.94. The Hall–Kier alpha value is -2.45. The Kier molecular flexibility index (Phi) is 4.56. The van der Waals surface area contributed by atoms with Gasteiger partial charge in [0.25, 0.3) is 0 Å². The minimum Gasteiger partial charge on any atom is -0.476 e. The molecule has 1 amide bonds. The molecule has 0 radical (unpaired) electrons. The van der Waals surface area contributed by atoms with Crippen LogP contribution in [0.1, 0.15) is 24.3 Å². The smallest absolute Gasteiger partial charge is 0.363 e. The van der Waals surface area contributed by atoms with Gasteiger partial charge in [-0.25, -0.2) is 4.79 Å². The Morgan fingerprint density at radius 3 is 2.63 bits per heavy atom. The minimum absolute atomic E-state index is 0.263. The SMILES string of the molecule is CC(C)CNC(=O)Cn1cc([N+](=O)[O-])c(C(=O)O)n1. The zero-order valence-corrected chi connectivity index (χ0v) is 10.5. The van der Waals surface area contributed by atoms with Crippen molar-refractivity contribution in [3.8, 4) is 0 Å². The molecular weight excluding hydrogens is 256 g/mol. The first-order valence-electron chi connectivity index (χ1n) is 5.53. The van der Waals surface area contributed by atoms with E-state index in [0.29, 0.717) is 6.54 Å². The van der Waals surface area contributed by atoms with Gasteiger partial charge in [-0.15, -0.1) is 0 Å². The molecule has 9 heteroatoms. The molecule has 0 aliphatic heterocycles. The maximum absolute atomic E-state index is 11.5. The molecule has 0 unspecified atom stereocenters. The summed E-state index contributed by atoms with van der Waals surface area (Å²) in [6.45, 7) is 4.04. The van der Waals surface area contributed by atoms with E-state index < -0.39 is 22.3 Å². The van der Waals surface area contributed by atoms with E-state index in [0.717, 1.165) is 10.9 Å². The molecule has 0 fully saturated rings. The Balaban J connectivity index is 2.80. The highest BCUT2D eigenvalue weighted by Crippen LogP contribution is 2.16. The molecule has 1 rings (SSSR count). The maximum atomic E-state index is 11.5. The third kappa shape index (κ3) is 4.05. The molecule has 0 aliphatic carbocycles. The van der Waals surface area contributed by atoms with Crippen LogP contribution >= 0.6 is 0 Å². The molecule has 0 bridgehead atoms. The van der Waals surface area contributed by atoms with Gasteiger partial charge in [-0.1, -0.05) is 13.8 Å². The van der Waals surface area contributed by atoms with Gasteiger partial charge >= 0.3 is 11.7 Å². The molecule has 0 saturated heterocycles. The van der Waals surface area contributed by atoms with Crippen LogP contribution in [0.3, 0.4) is 0 Å². The van der Waals surface area contributed by atoms with Crippen molar-refractivity contribution in [3.63, 3.8) is 0 Å². The molecule has 2 N–H and O–H groups in total. The molecule has 19 heavy (non-hydrogen) atoms. The van der Waals surface area contributed by atoms with E-state index in [4.69, 9.17) is 5.11 Å². The average molecular weight is 270 g/mol. The first kappa shape index (κ1) is 14.6. The normalized spacial score (nSPS) is 10.5. The van der Waals surface area contributed by atoms with Crippen LogP contribution in [0.2, 0.25) is 0 Å². The fourth-order valence-corrected chi connectivity index (χ4v) is 1.30. The van der Waals surface area contributed by atoms with Crippen molar-refractivity contribution in [2.75, 3.05) is 6.54 Å². The second-order valence-electron chi connectivity index (χ2n) is 4.32. The summed E-state index contributed by atoms with van der Waals surface area (Å²) in [7, 11) is 0. The zero-order valence-electron chi connectivity index (χ0n) is 10.5. The first-order valence-corrected chi connectivity index (χ1v) is 5.53. The standard InChI is InChI=1S/C10H14N4O5/c1-6(2)3-11-8(15)5-13-4-7(14(18)19)9(12-13)10(16)17/h4,6H,3,5H2,1-2H3,(H,11,15)(H,16,17). The summed E-state index contributed by atoms with van der Waals surface area (Å²) < 4.78 is 0.942. The van der Waals surface area contributed by atoms with Crippen LogP contribution in [0.4, 0.5) is 5.69 Å². The third-order valence-electron chi connectivity index (χ3n) is 2.15. The number of aromatic nitrogens is 2. The van der Waals surface area contributed by atoms with Gasteiger partial charge in [0, 0.05) is 6.54 Å². The molecule has 0 atom stereocenters. The van der Waals surface area contributed by atoms with E-state index >= 15 is 0 Å². The lowest BCUT2D eigenvalue weighted by Gasteiger charge is -2.06. The molecule has 0 aromatic carbocycles. The van der Waals surface area contributed by atoms with Crippen molar-refractivity contribution in [2.24, 2.45) is 5.92 Å². The van der Waals surface area contributed by atoms with Crippen molar-refractivity contribution < 1.29 is 19.6 Å². The number of carboxylic acid groups (broad SMARTS) is 1. The van der Waals surface area contributed by atoms with Crippen molar-refractivity contribution in [3.05, 3.63) is 22.0 Å². The van der Waals surface area contributed by atoms with E-state index in [1.165, 1.54) is 0 Å². The lowest BCUT2D eigenvalue weighted by molar-refractivity contribution is -0.385. The van der Waals surface area contributed by atoms with Crippen molar-refractivity contribution in [1.29, 1.82) is 0 Å². The third-order valence-corrected chi connectivity index (χ3v) is 2.15. The number of rotatable bonds is 6. The summed E-state index contributed by atoms with van der Waals surface area (Å²) in [6.07, 6.45) is 0.929. The fraction of sp³-hybridized carbons (Fsp3) is 0.500. The molecule has 1 heterocycles. The predicted molar refractivity (Wildman–Crippen MR) is 63.7 cm³/mol. The molecule has 1 aromatic rings. The number of carbonyl (C=O) groups excluding carboxylic acids is 1. The van der Waals surface area contributed by atoms with E-state index in [1.807, 2.05) is 13.8 Å². The topological polar surface area (TPSA) is 127 Å². The molecular formula is C10H14N4O5. The van der Waals surface area contributed by atoms with E-state index in [1.54, 1.807) is 0 Å². The number of carbonyl (C=O) groups is 2. The summed E-state index contributed by atoms with van der Waals surface area (Å²) in [5, 5.41) is 25.5. The summed E-state index contributed by atoms with van der Waals surface area (Å²) in [4.78, 5) is 32.0. The van der Waals surface area contributed by atoms with E-state index in [2.05, 4.69) is 10.4 Å². The largest absolute Gasteiger partial charge is 0.476 e. The second-order valence-corrected chi connectivity index (χ2v) is 4.32. The van der Waals surface area contributed by atoms with Crippen molar-refractivity contribution >= 4 is 17.6 Å². The monoisotopic (exact) mass is 270 g/mol. The van der Waals surface area contributed by atoms with Gasteiger partial charge in [-0.2, -0.15) is 5.10 Å². The first-order chi connectivity index (χ1) is 8.81. The Morgan fingerprint density at radius 1 is 1.58 bits per heavy atom. The van der Waals surface area contributed by atoms with Gasteiger partial charge in [0.15, 0.2) is 0 Å². The number of carboxylic acids is 1. The van der Waals surface area contributed by atoms with Crippen molar-refractivity contribution in [1.82, 2.24) is 15.1 Å². The van der Waals surface area contributed by atoms with Crippen LogP contribution in [0, 0.1) is 16.0 Å². The number of hydrogen-bond donors (Lipinski definition) is 2. The van der Waals surface area contributed by atoms with E-state index in [9.17, 15) is 19.7 Å². The molecule has 0 aliphatic rings. The summed E-state index contributed by atoms with van der Waals surface area (Å²) in [6, 6.07) is 0. The summed E-state index contributed by atoms with van der Waals surface area (Å²) >= 11 is 0. The van der Waals surface area contributed by atoms with Gasteiger partial charge in [0.05, 0.1) is 4.92 Å². The van der Waals surface area contributed by atoms with Crippen molar-refractivity contribution in [2.45, 2.75) is 20.4 Å². The van der Waals surface area contributed by atoms with Gasteiger partial charge in [0.1, 0.15) is 12.7 Å². The number of nitrogens with one attached hydrogen (secondary N) is 1. The van der Waals surface area contributed by atoms with Gasteiger partial charge < -0.3 is 10.4 Å². The lowest BCUT2D eigenvalue weighted by atomic mass is 10.2. The Bertz CT molecular complexity index is 477. The van der Waals surface area contributed by atoms with Crippen LogP contribution in [-0.4, -0.2) is 38.2 Å². The Labute approximate surface area is 108 Å². The summed E-state index contributed by atoms with van der Waals surface area (Å²) in [5.41, 5.74) is -1.31. The van der Waals surface area contributed by atoms with Gasteiger partial charge in [-0.05, 0) is 5.92 Å². The number of nitro groups is 1. The number of nitrogens with zero attached hydrogens (tertiary/aromatic N) is 3. The maximum Gasteiger partial charge on any atom is 0.363 e. The van der Waals surface area contributed by atoms with Crippen LogP contribution in [0.25, 0.3) is 0 Å². The average Bonchev–Trinajstić information content (AvgIpc) is 2.70. The fourth-order valence-electron chi connectivity index (χ4n) is 1.30. The highest BCUT2D eigenvalue weighted by molar-refractivity contribution is 5.90. The highest BCUT2D eigenvalue weighted by atomic mass is 16.6. The highest BCUT2D eigenvalue weighted by Gasteiger charge is 2.25. The lowest BCUT2D eigenvalue weighted by Crippen LogP contribution is -2.30. The molecule has 104 valence electrons. The van der Waals surface area contributed by atoms with Crippen LogP contribution in [0.15, 0.2) is 6.20 Å². The van der Waals surface area contributed by atoms with Crippen LogP contribution in [0.5, 0.6) is 0 Å². The Morgan fingerprint density at radius 2 is 2.21 bits per heavy atom. The van der Waals surface area contributed by atoms with Crippen LogP contribution in [-0.2, 0) is 11.3 Å². The summed E-state index contributed by atoms with van der Waals surface area (Å²) in [5.74, 6) is -1.62. The number of aromatic carboxylic acids is 1. The van der Waals surface area contributed by atoms with Gasteiger partial charge in [-0.3, -0.25) is 19.6 Å². The van der Waals surface area contributed by atoms with Crippen LogP contribution < -0.4 is 5.32 Å². The molecule has 0 saturated carbocycles. The minimum atomic E-state index is -1.51. The number of amides is 1. The quantitative estimate of drug-likeness (QED) is 0.563. The zero-order chi connectivity index (χ0) is 14.6. The molecule has 1 aromatic heterocycles. The molecule has 9 nitrogen and oxygen atoms in total. The predicted octanol–water partition coefficient (Wildman–Crippen LogP) is 0.262. The van der Waals surface area contributed by atoms with Gasteiger partial charge in [0.2, 0.25) is 11.6 Å². The molecule has 0 spiro atoms.